The van der Waals surface area contributed by atoms with E-state index in [0.29, 0.717) is 0 Å². The number of benzene rings is 1. The van der Waals surface area contributed by atoms with Crippen molar-refractivity contribution in [3.8, 4) is 11.5 Å². The molecular formula is C14H16O4. The smallest absolute Gasteiger partial charge is 0.311 e. The van der Waals surface area contributed by atoms with E-state index in [4.69, 9.17) is 9.47 Å². The van der Waals surface area contributed by atoms with Crippen LogP contribution in [0.5, 0.6) is 11.5 Å². The Bertz CT molecular complexity index is 463. The fraction of sp³-hybridized carbons (Fsp3) is 0.286. The molecule has 0 unspecified atom stereocenters. The van der Waals surface area contributed by atoms with Gasteiger partial charge in [-0.25, -0.2) is 0 Å². The van der Waals surface area contributed by atoms with Crippen LogP contribution >= 0.6 is 0 Å². The van der Waals surface area contributed by atoms with E-state index in [1.807, 2.05) is 0 Å². The van der Waals surface area contributed by atoms with E-state index in [-0.39, 0.29) is 36.3 Å². The summed E-state index contributed by atoms with van der Waals surface area (Å²) in [5.41, 5.74) is 0.783. The molecule has 1 rings (SSSR count). The molecule has 0 bridgehead atoms. The topological polar surface area (TPSA) is 52.6 Å². The fourth-order valence-corrected chi connectivity index (χ4v) is 1.21. The predicted octanol–water partition coefficient (Wildman–Crippen LogP) is 2.96. The van der Waals surface area contributed by atoms with Gasteiger partial charge in [-0.05, 0) is 17.7 Å². The summed E-state index contributed by atoms with van der Waals surface area (Å²) in [5.74, 6) is -0.282. The van der Waals surface area contributed by atoms with E-state index in [1.54, 1.807) is 38.1 Å². The van der Waals surface area contributed by atoms with Crippen LogP contribution in [0.15, 0.2) is 24.8 Å². The molecule has 1 aromatic carbocycles. The molecule has 96 valence electrons. The number of rotatable bonds is 5. The van der Waals surface area contributed by atoms with Gasteiger partial charge in [0, 0.05) is 12.8 Å². The van der Waals surface area contributed by atoms with E-state index in [0.717, 1.165) is 5.56 Å². The minimum absolute atomic E-state index is 0.237. The summed E-state index contributed by atoms with van der Waals surface area (Å²) >= 11 is 0. The van der Waals surface area contributed by atoms with Crippen molar-refractivity contribution in [3.05, 3.63) is 30.3 Å². The van der Waals surface area contributed by atoms with Crippen molar-refractivity contribution in [2.75, 3.05) is 0 Å². The quantitative estimate of drug-likeness (QED) is 0.593. The number of carbonyl (C=O) groups excluding carboxylic acids is 2. The molecule has 0 saturated carbocycles. The summed E-state index contributed by atoms with van der Waals surface area (Å²) in [6, 6.07) is 4.93. The first-order valence-electron chi connectivity index (χ1n) is 5.78. The van der Waals surface area contributed by atoms with Crippen LogP contribution in [0.3, 0.4) is 0 Å². The summed E-state index contributed by atoms with van der Waals surface area (Å²) in [6.07, 6.45) is 2.12. The van der Waals surface area contributed by atoms with Crippen LogP contribution in [0.4, 0.5) is 0 Å². The Kier molecular flexibility index (Phi) is 5.11. The maximum Gasteiger partial charge on any atom is 0.311 e. The molecule has 18 heavy (non-hydrogen) atoms. The minimum atomic E-state index is -0.384. The molecule has 0 aliphatic heterocycles. The molecule has 4 heteroatoms. The number of ether oxygens (including phenoxy) is 2. The highest BCUT2D eigenvalue weighted by molar-refractivity contribution is 5.76. The number of hydrogen-bond donors (Lipinski definition) is 0. The van der Waals surface area contributed by atoms with Gasteiger partial charge >= 0.3 is 11.9 Å². The molecule has 0 radical (unpaired) electrons. The first-order valence-corrected chi connectivity index (χ1v) is 5.78. The van der Waals surface area contributed by atoms with Crippen molar-refractivity contribution in [1.82, 2.24) is 0 Å². The minimum Gasteiger partial charge on any atom is -0.423 e. The van der Waals surface area contributed by atoms with Crippen molar-refractivity contribution in [2.24, 2.45) is 0 Å². The Hall–Kier alpha value is -2.10. The third-order valence-electron chi connectivity index (χ3n) is 2.23. The zero-order chi connectivity index (χ0) is 13.5. The average Bonchev–Trinajstić information content (AvgIpc) is 2.40. The SMILES string of the molecule is C=Cc1ccc(OC(=O)CC)c(OC(=O)CC)c1. The van der Waals surface area contributed by atoms with Gasteiger partial charge in [0.25, 0.3) is 0 Å². The predicted molar refractivity (Wildman–Crippen MR) is 68.4 cm³/mol. The largest absolute Gasteiger partial charge is 0.423 e. The summed E-state index contributed by atoms with van der Waals surface area (Å²) < 4.78 is 10.2. The van der Waals surface area contributed by atoms with Gasteiger partial charge in [0.15, 0.2) is 11.5 Å². The first kappa shape index (κ1) is 14.0. The molecule has 0 spiro atoms. The molecule has 0 aliphatic rings. The summed E-state index contributed by atoms with van der Waals surface area (Å²) in [4.78, 5) is 22.6. The van der Waals surface area contributed by atoms with E-state index in [2.05, 4.69) is 6.58 Å². The van der Waals surface area contributed by atoms with Crippen molar-refractivity contribution in [1.29, 1.82) is 0 Å². The van der Waals surface area contributed by atoms with Crippen molar-refractivity contribution < 1.29 is 19.1 Å². The van der Waals surface area contributed by atoms with Gasteiger partial charge in [0.1, 0.15) is 0 Å². The molecule has 0 fully saturated rings. The zero-order valence-electron chi connectivity index (χ0n) is 10.6. The summed E-state index contributed by atoms with van der Waals surface area (Å²) in [7, 11) is 0. The lowest BCUT2D eigenvalue weighted by Crippen LogP contribution is -2.10. The fourth-order valence-electron chi connectivity index (χ4n) is 1.21. The lowest BCUT2D eigenvalue weighted by atomic mass is 10.2. The Balaban J connectivity index is 3.03. The summed E-state index contributed by atoms with van der Waals surface area (Å²) in [6.45, 7) is 7.01. The van der Waals surface area contributed by atoms with Crippen LogP contribution in [-0.2, 0) is 9.59 Å². The van der Waals surface area contributed by atoms with Crippen LogP contribution < -0.4 is 9.47 Å². The zero-order valence-corrected chi connectivity index (χ0v) is 10.6. The molecule has 0 N–H and O–H groups in total. The van der Waals surface area contributed by atoms with E-state index in [1.165, 1.54) is 0 Å². The molecule has 0 saturated heterocycles. The molecule has 0 heterocycles. The standard InChI is InChI=1S/C14H16O4/c1-4-10-7-8-11(17-13(15)5-2)12(9-10)18-14(16)6-3/h4,7-9H,1,5-6H2,2-3H3. The highest BCUT2D eigenvalue weighted by Gasteiger charge is 2.12. The van der Waals surface area contributed by atoms with Crippen LogP contribution in [-0.4, -0.2) is 11.9 Å². The molecule has 0 atom stereocenters. The maximum atomic E-state index is 11.3. The second kappa shape index (κ2) is 6.59. The van der Waals surface area contributed by atoms with E-state index in [9.17, 15) is 9.59 Å². The van der Waals surface area contributed by atoms with Crippen LogP contribution in [0, 0.1) is 0 Å². The van der Waals surface area contributed by atoms with Gasteiger partial charge in [0.05, 0.1) is 0 Å². The van der Waals surface area contributed by atoms with E-state index < -0.39 is 0 Å². The normalized spacial score (nSPS) is 9.67. The van der Waals surface area contributed by atoms with Gasteiger partial charge in [0.2, 0.25) is 0 Å². The second-order valence-corrected chi connectivity index (χ2v) is 3.57. The maximum absolute atomic E-state index is 11.3. The summed E-state index contributed by atoms with van der Waals surface area (Å²) in [5, 5.41) is 0. The Morgan fingerprint density at radius 2 is 1.67 bits per heavy atom. The highest BCUT2D eigenvalue weighted by atomic mass is 16.6. The Morgan fingerprint density at radius 3 is 2.17 bits per heavy atom. The highest BCUT2D eigenvalue weighted by Crippen LogP contribution is 2.29. The van der Waals surface area contributed by atoms with Gasteiger partial charge < -0.3 is 9.47 Å². The number of carbonyl (C=O) groups is 2. The number of esters is 2. The molecule has 0 aliphatic carbocycles. The molecular weight excluding hydrogens is 232 g/mol. The average molecular weight is 248 g/mol. The first-order chi connectivity index (χ1) is 8.60. The van der Waals surface area contributed by atoms with Gasteiger partial charge in [-0.1, -0.05) is 32.6 Å². The molecule has 1 aromatic rings. The lowest BCUT2D eigenvalue weighted by Gasteiger charge is -2.10. The second-order valence-electron chi connectivity index (χ2n) is 3.57. The van der Waals surface area contributed by atoms with Gasteiger partial charge in [-0.3, -0.25) is 9.59 Å². The monoisotopic (exact) mass is 248 g/mol. The molecule has 0 amide bonds. The Labute approximate surface area is 106 Å². The van der Waals surface area contributed by atoms with Crippen LogP contribution in [0.25, 0.3) is 6.08 Å². The Morgan fingerprint density at radius 1 is 1.11 bits per heavy atom. The van der Waals surface area contributed by atoms with E-state index >= 15 is 0 Å². The van der Waals surface area contributed by atoms with Gasteiger partial charge in [-0.2, -0.15) is 0 Å². The van der Waals surface area contributed by atoms with Gasteiger partial charge in [-0.15, -0.1) is 0 Å². The third kappa shape index (κ3) is 3.73. The molecule has 0 aromatic heterocycles. The van der Waals surface area contributed by atoms with Crippen LogP contribution in [0.1, 0.15) is 32.3 Å². The van der Waals surface area contributed by atoms with Crippen molar-refractivity contribution in [3.63, 3.8) is 0 Å². The number of hydrogen-bond acceptors (Lipinski definition) is 4. The van der Waals surface area contributed by atoms with Crippen molar-refractivity contribution in [2.45, 2.75) is 26.7 Å². The van der Waals surface area contributed by atoms with Crippen molar-refractivity contribution >= 4 is 18.0 Å². The molecule has 4 nitrogen and oxygen atoms in total. The third-order valence-corrected chi connectivity index (χ3v) is 2.23. The lowest BCUT2D eigenvalue weighted by molar-refractivity contribution is -0.136. The van der Waals surface area contributed by atoms with Crippen LogP contribution in [0.2, 0.25) is 0 Å².